The largest absolute Gasteiger partial charge is 0.493 e. The number of nitrogens with one attached hydrogen (secondary N) is 2. The van der Waals surface area contributed by atoms with Crippen molar-refractivity contribution in [3.05, 3.63) is 23.8 Å². The van der Waals surface area contributed by atoms with Crippen LogP contribution in [-0.4, -0.2) is 39.8 Å². The second kappa shape index (κ2) is 12.3. The number of halogens is 1. The molecule has 2 N–H and O–H groups in total. The van der Waals surface area contributed by atoms with Crippen molar-refractivity contribution in [2.75, 3.05) is 27.8 Å². The fraction of sp³-hybridized carbons (Fsp3) is 0.650. The second-order valence-electron chi connectivity index (χ2n) is 6.89. The molecule has 0 heterocycles. The van der Waals surface area contributed by atoms with E-state index in [0.29, 0.717) is 6.04 Å². The summed E-state index contributed by atoms with van der Waals surface area (Å²) < 4.78 is 10.6. The van der Waals surface area contributed by atoms with Crippen molar-refractivity contribution in [1.29, 1.82) is 0 Å². The van der Waals surface area contributed by atoms with E-state index in [-0.39, 0.29) is 24.0 Å². The first-order valence-electron chi connectivity index (χ1n) is 9.34. The average Bonchev–Trinajstić information content (AvgIpc) is 2.65. The number of aliphatic imine (C=N–C) groups is 1. The molecule has 0 unspecified atom stereocenters. The Morgan fingerprint density at radius 3 is 2.42 bits per heavy atom. The molecular weight excluding hydrogens is 441 g/mol. The number of ether oxygens (including phenoxy) is 2. The summed E-state index contributed by atoms with van der Waals surface area (Å²) in [5, 5.41) is 6.99. The number of rotatable bonds is 7. The molecule has 0 aliphatic heterocycles. The summed E-state index contributed by atoms with van der Waals surface area (Å²) in [6.07, 6.45) is 7.14. The summed E-state index contributed by atoms with van der Waals surface area (Å²) in [4.78, 5) is 4.35. The van der Waals surface area contributed by atoms with E-state index in [0.717, 1.165) is 42.8 Å². The van der Waals surface area contributed by atoms with Crippen molar-refractivity contribution in [3.63, 3.8) is 0 Å². The Labute approximate surface area is 175 Å². The molecular formula is C20H34IN3O2. The second-order valence-corrected chi connectivity index (χ2v) is 6.89. The third-order valence-electron chi connectivity index (χ3n) is 4.96. The Balaban J connectivity index is 0.00000338. The lowest BCUT2D eigenvalue weighted by molar-refractivity contribution is 0.329. The molecule has 0 atom stereocenters. The van der Waals surface area contributed by atoms with Crippen LogP contribution in [0.1, 0.15) is 44.6 Å². The van der Waals surface area contributed by atoms with E-state index in [1.54, 1.807) is 14.2 Å². The third kappa shape index (κ3) is 7.21. The van der Waals surface area contributed by atoms with Gasteiger partial charge in [0.25, 0.3) is 0 Å². The van der Waals surface area contributed by atoms with Gasteiger partial charge in [-0.15, -0.1) is 24.0 Å². The maximum atomic E-state index is 5.36. The van der Waals surface area contributed by atoms with Gasteiger partial charge in [0, 0.05) is 19.6 Å². The average molecular weight is 475 g/mol. The molecule has 0 bridgehead atoms. The maximum Gasteiger partial charge on any atom is 0.191 e. The molecule has 0 amide bonds. The lowest BCUT2D eigenvalue weighted by Crippen LogP contribution is -2.45. The van der Waals surface area contributed by atoms with Crippen LogP contribution in [0.15, 0.2) is 23.2 Å². The highest BCUT2D eigenvalue weighted by molar-refractivity contribution is 14.0. The first kappa shape index (κ1) is 22.9. The minimum Gasteiger partial charge on any atom is -0.493 e. The third-order valence-corrected chi connectivity index (χ3v) is 4.96. The van der Waals surface area contributed by atoms with E-state index in [4.69, 9.17) is 9.47 Å². The molecule has 6 heteroatoms. The van der Waals surface area contributed by atoms with E-state index < -0.39 is 0 Å². The van der Waals surface area contributed by atoms with Gasteiger partial charge in [0.2, 0.25) is 0 Å². The molecule has 148 valence electrons. The molecule has 1 aliphatic carbocycles. The van der Waals surface area contributed by atoms with E-state index in [1.165, 1.54) is 31.2 Å². The SMILES string of the molecule is CN=C(NCCCc1ccc(OC)c(OC)c1)NC1CCC(C)CC1.I. The Hall–Kier alpha value is -1.18. The molecule has 0 saturated heterocycles. The lowest BCUT2D eigenvalue weighted by Gasteiger charge is -2.28. The first-order chi connectivity index (χ1) is 12.2. The summed E-state index contributed by atoms with van der Waals surface area (Å²) >= 11 is 0. The zero-order valence-corrected chi connectivity index (χ0v) is 18.8. The van der Waals surface area contributed by atoms with Crippen LogP contribution in [0.5, 0.6) is 11.5 Å². The predicted molar refractivity (Wildman–Crippen MR) is 119 cm³/mol. The quantitative estimate of drug-likeness (QED) is 0.271. The minimum atomic E-state index is 0. The van der Waals surface area contributed by atoms with Gasteiger partial charge < -0.3 is 20.1 Å². The van der Waals surface area contributed by atoms with Gasteiger partial charge in [-0.1, -0.05) is 13.0 Å². The Morgan fingerprint density at radius 2 is 1.81 bits per heavy atom. The summed E-state index contributed by atoms with van der Waals surface area (Å²) in [5.41, 5.74) is 1.25. The van der Waals surface area contributed by atoms with Gasteiger partial charge in [-0.25, -0.2) is 0 Å². The molecule has 5 nitrogen and oxygen atoms in total. The summed E-state index contributed by atoms with van der Waals surface area (Å²) in [6, 6.07) is 6.67. The van der Waals surface area contributed by atoms with Gasteiger partial charge in [-0.2, -0.15) is 0 Å². The summed E-state index contributed by atoms with van der Waals surface area (Å²) in [5.74, 6) is 3.36. The van der Waals surface area contributed by atoms with Gasteiger partial charge in [-0.05, 0) is 62.1 Å². The maximum absolute atomic E-state index is 5.36. The van der Waals surface area contributed by atoms with Crippen LogP contribution in [0.4, 0.5) is 0 Å². The standard InChI is InChI=1S/C20H33N3O2.HI/c1-15-7-10-17(11-8-15)23-20(21-2)22-13-5-6-16-9-12-18(24-3)19(14-16)25-4;/h9,12,14-15,17H,5-8,10-11,13H2,1-4H3,(H2,21,22,23);1H. The number of guanidine groups is 1. The Kier molecular flexibility index (Phi) is 10.8. The van der Waals surface area contributed by atoms with Gasteiger partial charge in [0.1, 0.15) is 0 Å². The van der Waals surface area contributed by atoms with Gasteiger partial charge in [0.05, 0.1) is 14.2 Å². The molecule has 2 rings (SSSR count). The number of hydrogen-bond donors (Lipinski definition) is 2. The van der Waals surface area contributed by atoms with Gasteiger partial charge in [0.15, 0.2) is 17.5 Å². The number of nitrogens with zero attached hydrogens (tertiary/aromatic N) is 1. The highest BCUT2D eigenvalue weighted by Gasteiger charge is 2.18. The first-order valence-corrected chi connectivity index (χ1v) is 9.34. The van der Waals surface area contributed by atoms with Crippen LogP contribution in [-0.2, 0) is 6.42 Å². The number of aryl methyl sites for hydroxylation is 1. The molecule has 1 aromatic rings. The van der Waals surface area contributed by atoms with E-state index >= 15 is 0 Å². The molecule has 1 aliphatic rings. The molecule has 1 saturated carbocycles. The van der Waals surface area contributed by atoms with Crippen LogP contribution in [0, 0.1) is 5.92 Å². The minimum absolute atomic E-state index is 0. The summed E-state index contributed by atoms with van der Waals surface area (Å²) in [7, 11) is 5.17. The van der Waals surface area contributed by atoms with Crippen molar-refractivity contribution < 1.29 is 9.47 Å². The van der Waals surface area contributed by atoms with Crippen molar-refractivity contribution in [1.82, 2.24) is 10.6 Å². The fourth-order valence-corrected chi connectivity index (χ4v) is 3.33. The molecule has 0 radical (unpaired) electrons. The smallest absolute Gasteiger partial charge is 0.191 e. The zero-order valence-electron chi connectivity index (χ0n) is 16.5. The topological polar surface area (TPSA) is 54.9 Å². The van der Waals surface area contributed by atoms with Crippen LogP contribution in [0.25, 0.3) is 0 Å². The van der Waals surface area contributed by atoms with Crippen molar-refractivity contribution >= 4 is 29.9 Å². The highest BCUT2D eigenvalue weighted by Crippen LogP contribution is 2.28. The van der Waals surface area contributed by atoms with Gasteiger partial charge >= 0.3 is 0 Å². The Morgan fingerprint density at radius 1 is 1.12 bits per heavy atom. The van der Waals surface area contributed by atoms with E-state index in [1.807, 2.05) is 13.1 Å². The number of benzene rings is 1. The van der Waals surface area contributed by atoms with E-state index in [2.05, 4.69) is 34.7 Å². The highest BCUT2D eigenvalue weighted by atomic mass is 127. The molecule has 1 aromatic carbocycles. The molecule has 1 fully saturated rings. The van der Waals surface area contributed by atoms with Crippen molar-refractivity contribution in [2.45, 2.75) is 51.5 Å². The Bertz CT molecular complexity index is 558. The summed E-state index contributed by atoms with van der Waals surface area (Å²) in [6.45, 7) is 3.24. The molecule has 0 aromatic heterocycles. The molecule has 0 spiro atoms. The fourth-order valence-electron chi connectivity index (χ4n) is 3.33. The van der Waals surface area contributed by atoms with Crippen LogP contribution >= 0.6 is 24.0 Å². The lowest BCUT2D eigenvalue weighted by atomic mass is 9.87. The van der Waals surface area contributed by atoms with E-state index in [9.17, 15) is 0 Å². The van der Waals surface area contributed by atoms with Gasteiger partial charge in [-0.3, -0.25) is 4.99 Å². The predicted octanol–water partition coefficient (Wildman–Crippen LogP) is 4.00. The van der Waals surface area contributed by atoms with Crippen molar-refractivity contribution in [3.8, 4) is 11.5 Å². The van der Waals surface area contributed by atoms with Crippen LogP contribution < -0.4 is 20.1 Å². The molecule has 26 heavy (non-hydrogen) atoms. The monoisotopic (exact) mass is 475 g/mol. The number of hydrogen-bond acceptors (Lipinski definition) is 3. The zero-order chi connectivity index (χ0) is 18.1. The number of methoxy groups -OCH3 is 2. The van der Waals surface area contributed by atoms with Crippen LogP contribution in [0.3, 0.4) is 0 Å². The van der Waals surface area contributed by atoms with Crippen LogP contribution in [0.2, 0.25) is 0 Å². The normalized spacial score (nSPS) is 20.1. The van der Waals surface area contributed by atoms with Crippen molar-refractivity contribution in [2.24, 2.45) is 10.9 Å².